The molecule has 164 valence electrons. The Hall–Kier alpha value is -3.16. The van der Waals surface area contributed by atoms with Gasteiger partial charge < -0.3 is 19.5 Å². The van der Waals surface area contributed by atoms with E-state index in [1.54, 1.807) is 0 Å². The number of hydrogen-bond donors (Lipinski definition) is 1. The van der Waals surface area contributed by atoms with E-state index >= 15 is 0 Å². The molecule has 1 aliphatic rings. The van der Waals surface area contributed by atoms with Gasteiger partial charge in [-0.3, -0.25) is 4.79 Å². The number of hydrogen-bond acceptors (Lipinski definition) is 7. The van der Waals surface area contributed by atoms with Gasteiger partial charge in [0.05, 0.1) is 12.3 Å². The van der Waals surface area contributed by atoms with Gasteiger partial charge in [-0.05, 0) is 50.8 Å². The van der Waals surface area contributed by atoms with Crippen LogP contribution in [-0.4, -0.2) is 40.7 Å². The first-order valence-electron chi connectivity index (χ1n) is 11.0. The summed E-state index contributed by atoms with van der Waals surface area (Å²) < 4.78 is 10.9. The number of piperidine rings is 1. The van der Waals surface area contributed by atoms with Crippen LogP contribution < -0.4 is 15.0 Å². The third kappa shape index (κ3) is 5.13. The van der Waals surface area contributed by atoms with Gasteiger partial charge in [0.15, 0.2) is 0 Å². The molecule has 0 unspecified atom stereocenters. The minimum atomic E-state index is -0.0362. The Morgan fingerprint density at radius 3 is 2.68 bits per heavy atom. The summed E-state index contributed by atoms with van der Waals surface area (Å²) in [7, 11) is 0. The predicted molar refractivity (Wildman–Crippen MR) is 118 cm³/mol. The van der Waals surface area contributed by atoms with Crippen LogP contribution in [0.2, 0.25) is 0 Å². The summed E-state index contributed by atoms with van der Waals surface area (Å²) in [4.78, 5) is 24.0. The number of rotatable bonds is 8. The first-order chi connectivity index (χ1) is 15.1. The average molecular weight is 424 g/mol. The molecule has 0 radical (unpaired) electrons. The monoisotopic (exact) mass is 423 g/mol. The van der Waals surface area contributed by atoms with Gasteiger partial charge in [0.1, 0.15) is 22.8 Å². The number of nitrogens with one attached hydrogen (secondary N) is 1. The van der Waals surface area contributed by atoms with Crippen molar-refractivity contribution in [2.75, 3.05) is 24.6 Å². The van der Waals surface area contributed by atoms with Gasteiger partial charge in [0, 0.05) is 32.5 Å². The molecule has 31 heavy (non-hydrogen) atoms. The molecule has 1 N–H and O–H groups in total. The number of nitrogens with zero attached hydrogens (tertiary/aromatic N) is 4. The Bertz CT molecular complexity index is 1030. The van der Waals surface area contributed by atoms with E-state index in [0.29, 0.717) is 37.5 Å². The number of aromatic nitrogens is 3. The topological polar surface area (TPSA) is 93.4 Å². The summed E-state index contributed by atoms with van der Waals surface area (Å²) in [5, 5.41) is 7.91. The minimum absolute atomic E-state index is 0.0362. The van der Waals surface area contributed by atoms with E-state index in [0.717, 1.165) is 54.1 Å². The van der Waals surface area contributed by atoms with Gasteiger partial charge in [-0.1, -0.05) is 17.3 Å². The maximum absolute atomic E-state index is 12.4. The molecule has 3 heterocycles. The van der Waals surface area contributed by atoms with Crippen LogP contribution in [0.25, 0.3) is 11.1 Å². The van der Waals surface area contributed by atoms with Gasteiger partial charge >= 0.3 is 0 Å². The Kier molecular flexibility index (Phi) is 6.64. The molecule has 8 nitrogen and oxygen atoms in total. The molecule has 1 saturated heterocycles. The molecule has 0 atom stereocenters. The maximum Gasteiger partial charge on any atom is 0.263 e. The predicted octanol–water partition coefficient (Wildman–Crippen LogP) is 3.56. The van der Waals surface area contributed by atoms with Crippen molar-refractivity contribution in [1.82, 2.24) is 20.4 Å². The molecule has 0 bridgehead atoms. The van der Waals surface area contributed by atoms with E-state index in [-0.39, 0.29) is 5.91 Å². The van der Waals surface area contributed by atoms with Crippen molar-refractivity contribution in [3.8, 4) is 5.75 Å². The van der Waals surface area contributed by atoms with Crippen molar-refractivity contribution in [3.63, 3.8) is 0 Å². The second-order valence-electron chi connectivity index (χ2n) is 7.81. The summed E-state index contributed by atoms with van der Waals surface area (Å²) in [6.07, 6.45) is 4.31. The highest BCUT2D eigenvalue weighted by Crippen LogP contribution is 2.29. The van der Waals surface area contributed by atoms with Crippen molar-refractivity contribution in [2.45, 2.75) is 52.5 Å². The Morgan fingerprint density at radius 1 is 1.16 bits per heavy atom. The summed E-state index contributed by atoms with van der Waals surface area (Å²) in [6, 6.07) is 7.74. The van der Waals surface area contributed by atoms with Crippen LogP contribution in [0.5, 0.6) is 5.75 Å². The van der Waals surface area contributed by atoms with Crippen molar-refractivity contribution in [3.05, 3.63) is 41.3 Å². The molecular formula is C23H29N5O3. The molecule has 0 aliphatic carbocycles. The van der Waals surface area contributed by atoms with Crippen molar-refractivity contribution in [2.24, 2.45) is 0 Å². The van der Waals surface area contributed by atoms with E-state index in [1.165, 1.54) is 6.42 Å². The summed E-state index contributed by atoms with van der Waals surface area (Å²) >= 11 is 0. The fourth-order valence-corrected chi connectivity index (χ4v) is 3.84. The van der Waals surface area contributed by atoms with Crippen LogP contribution in [0.15, 0.2) is 28.8 Å². The van der Waals surface area contributed by atoms with E-state index in [9.17, 15) is 4.79 Å². The molecule has 0 spiro atoms. The second kappa shape index (κ2) is 9.76. The van der Waals surface area contributed by atoms with Gasteiger partial charge in [0.2, 0.25) is 5.91 Å². The van der Waals surface area contributed by atoms with Crippen LogP contribution in [0.3, 0.4) is 0 Å². The van der Waals surface area contributed by atoms with E-state index in [1.807, 2.05) is 38.1 Å². The van der Waals surface area contributed by atoms with Crippen LogP contribution in [0.4, 0.5) is 5.82 Å². The van der Waals surface area contributed by atoms with Crippen LogP contribution in [0.1, 0.15) is 49.7 Å². The lowest BCUT2D eigenvalue weighted by molar-refractivity contribution is -0.121. The lowest BCUT2D eigenvalue weighted by Crippen LogP contribution is -2.30. The fraction of sp³-hybridized carbons (Fsp3) is 0.478. The first kappa shape index (κ1) is 21.1. The summed E-state index contributed by atoms with van der Waals surface area (Å²) in [5.41, 5.74) is 2.33. The average Bonchev–Trinajstić information content (AvgIpc) is 3.18. The fourth-order valence-electron chi connectivity index (χ4n) is 3.84. The maximum atomic E-state index is 12.4. The molecular weight excluding hydrogens is 394 g/mol. The highest BCUT2D eigenvalue weighted by Gasteiger charge is 2.21. The van der Waals surface area contributed by atoms with Gasteiger partial charge in [0.25, 0.3) is 5.71 Å². The SMILES string of the molecule is CCOc1ccc(CNC(=O)CCc2nc(N3CCCCC3)c3c(C)noc3n2)cc1. The molecule has 3 aromatic rings. The lowest BCUT2D eigenvalue weighted by atomic mass is 10.1. The van der Waals surface area contributed by atoms with Gasteiger partial charge in [-0.25, -0.2) is 4.98 Å². The number of benzene rings is 1. The quantitative estimate of drug-likeness (QED) is 0.592. The lowest BCUT2D eigenvalue weighted by Gasteiger charge is -2.28. The largest absolute Gasteiger partial charge is 0.494 e. The Labute approximate surface area is 182 Å². The molecule has 0 saturated carbocycles. The molecule has 1 amide bonds. The van der Waals surface area contributed by atoms with Crippen LogP contribution >= 0.6 is 0 Å². The molecule has 1 aliphatic heterocycles. The number of fused-ring (bicyclic) bond motifs is 1. The van der Waals surface area contributed by atoms with E-state index in [4.69, 9.17) is 14.2 Å². The third-order valence-electron chi connectivity index (χ3n) is 5.49. The zero-order chi connectivity index (χ0) is 21.6. The highest BCUT2D eigenvalue weighted by molar-refractivity contribution is 5.88. The van der Waals surface area contributed by atoms with E-state index in [2.05, 4.69) is 20.4 Å². The number of carbonyl (C=O) groups is 1. The van der Waals surface area contributed by atoms with Crippen LogP contribution in [0, 0.1) is 6.92 Å². The normalized spacial score (nSPS) is 14.1. The zero-order valence-corrected chi connectivity index (χ0v) is 18.2. The number of anilines is 1. The summed E-state index contributed by atoms with van der Waals surface area (Å²) in [5.74, 6) is 2.29. The molecule has 4 rings (SSSR count). The van der Waals surface area contributed by atoms with E-state index < -0.39 is 0 Å². The summed E-state index contributed by atoms with van der Waals surface area (Å²) in [6.45, 7) is 6.92. The molecule has 8 heteroatoms. The second-order valence-corrected chi connectivity index (χ2v) is 7.81. The van der Waals surface area contributed by atoms with Crippen molar-refractivity contribution < 1.29 is 14.1 Å². The minimum Gasteiger partial charge on any atom is -0.494 e. The van der Waals surface area contributed by atoms with Crippen LogP contribution in [-0.2, 0) is 17.8 Å². The standard InChI is InChI=1S/C23H29N5O3/c1-3-30-18-9-7-17(8-10-18)15-24-20(29)12-11-19-25-22(28-13-5-4-6-14-28)21-16(2)27-31-23(21)26-19/h7-10H,3-6,11-15H2,1-2H3,(H,24,29). The molecule has 2 aromatic heterocycles. The van der Waals surface area contributed by atoms with Gasteiger partial charge in [-0.2, -0.15) is 4.98 Å². The number of aryl methyl sites for hydroxylation is 2. The number of ether oxygens (including phenoxy) is 1. The molecule has 1 aromatic carbocycles. The highest BCUT2D eigenvalue weighted by atomic mass is 16.5. The zero-order valence-electron chi connectivity index (χ0n) is 18.2. The Balaban J connectivity index is 1.38. The molecule has 1 fully saturated rings. The van der Waals surface area contributed by atoms with Crippen molar-refractivity contribution in [1.29, 1.82) is 0 Å². The number of amides is 1. The Morgan fingerprint density at radius 2 is 1.94 bits per heavy atom. The van der Waals surface area contributed by atoms with Gasteiger partial charge in [-0.15, -0.1) is 0 Å². The number of carbonyl (C=O) groups excluding carboxylic acids is 1. The first-order valence-corrected chi connectivity index (χ1v) is 11.0. The third-order valence-corrected chi connectivity index (χ3v) is 5.49. The smallest absolute Gasteiger partial charge is 0.263 e. The van der Waals surface area contributed by atoms with Crippen molar-refractivity contribution >= 4 is 22.8 Å².